The molecule has 1 saturated heterocycles. The summed E-state index contributed by atoms with van der Waals surface area (Å²) in [5.74, 6) is 1.47. The number of nitrogens with zero attached hydrogens (tertiary/aromatic N) is 4. The minimum atomic E-state index is -0.144. The summed E-state index contributed by atoms with van der Waals surface area (Å²) in [7, 11) is 0. The SMILES string of the molecule is O=C(NCCC1CC1)c1ccc(N2CCN(Cc3ccc(Cl)cc3Cl)CC2)nn1. The third-order valence-corrected chi connectivity index (χ3v) is 6.11. The molecule has 1 aromatic heterocycles. The molecule has 154 valence electrons. The molecule has 0 radical (unpaired) electrons. The molecule has 1 aromatic carbocycles. The minimum Gasteiger partial charge on any atom is -0.353 e. The number of anilines is 1. The van der Waals surface area contributed by atoms with E-state index in [1.807, 2.05) is 18.2 Å². The van der Waals surface area contributed by atoms with E-state index in [1.165, 1.54) is 12.8 Å². The summed E-state index contributed by atoms with van der Waals surface area (Å²) in [5.41, 5.74) is 1.46. The van der Waals surface area contributed by atoms with Crippen LogP contribution in [-0.4, -0.2) is 53.7 Å². The highest BCUT2D eigenvalue weighted by atomic mass is 35.5. The molecule has 4 rings (SSSR count). The number of hydrogen-bond acceptors (Lipinski definition) is 5. The predicted molar refractivity (Wildman–Crippen MR) is 116 cm³/mol. The van der Waals surface area contributed by atoms with Crippen LogP contribution in [-0.2, 0) is 6.54 Å². The quantitative estimate of drug-likeness (QED) is 0.721. The first-order valence-electron chi connectivity index (χ1n) is 10.1. The molecule has 1 aliphatic carbocycles. The van der Waals surface area contributed by atoms with Gasteiger partial charge in [-0.1, -0.05) is 42.1 Å². The van der Waals surface area contributed by atoms with E-state index in [9.17, 15) is 4.79 Å². The van der Waals surface area contributed by atoms with Crippen LogP contribution >= 0.6 is 23.2 Å². The third kappa shape index (κ3) is 5.59. The van der Waals surface area contributed by atoms with E-state index in [1.54, 1.807) is 12.1 Å². The van der Waals surface area contributed by atoms with E-state index in [0.717, 1.165) is 56.4 Å². The van der Waals surface area contributed by atoms with E-state index in [-0.39, 0.29) is 5.91 Å². The number of halogens is 2. The lowest BCUT2D eigenvalue weighted by Crippen LogP contribution is -2.46. The molecule has 1 aliphatic heterocycles. The number of aromatic nitrogens is 2. The van der Waals surface area contributed by atoms with Crippen LogP contribution in [0.15, 0.2) is 30.3 Å². The molecule has 2 fully saturated rings. The first kappa shape index (κ1) is 20.4. The lowest BCUT2D eigenvalue weighted by molar-refractivity contribution is 0.0946. The van der Waals surface area contributed by atoms with Gasteiger partial charge >= 0.3 is 0 Å². The van der Waals surface area contributed by atoms with Crippen LogP contribution in [0.5, 0.6) is 0 Å². The van der Waals surface area contributed by atoms with Crippen LogP contribution < -0.4 is 10.2 Å². The van der Waals surface area contributed by atoms with Crippen molar-refractivity contribution in [2.75, 3.05) is 37.6 Å². The fraction of sp³-hybridized carbons (Fsp3) is 0.476. The second-order valence-electron chi connectivity index (χ2n) is 7.76. The second kappa shape index (κ2) is 9.28. The van der Waals surface area contributed by atoms with Crippen molar-refractivity contribution in [3.05, 3.63) is 51.6 Å². The number of amides is 1. The molecule has 29 heavy (non-hydrogen) atoms. The maximum Gasteiger partial charge on any atom is 0.271 e. The van der Waals surface area contributed by atoms with E-state index < -0.39 is 0 Å². The van der Waals surface area contributed by atoms with Crippen molar-refractivity contribution in [3.63, 3.8) is 0 Å². The summed E-state index contributed by atoms with van der Waals surface area (Å²) in [6.07, 6.45) is 3.65. The molecule has 0 bridgehead atoms. The standard InChI is InChI=1S/C21H25Cl2N5O/c22-17-4-3-16(18(23)13-17)14-27-9-11-28(12-10-27)20-6-5-19(25-26-20)21(29)24-8-7-15-1-2-15/h3-6,13,15H,1-2,7-12,14H2,(H,24,29). The van der Waals surface area contributed by atoms with E-state index >= 15 is 0 Å². The first-order chi connectivity index (χ1) is 14.1. The summed E-state index contributed by atoms with van der Waals surface area (Å²) < 4.78 is 0. The fourth-order valence-corrected chi connectivity index (χ4v) is 4.00. The molecule has 1 saturated carbocycles. The highest BCUT2D eigenvalue weighted by Crippen LogP contribution is 2.31. The fourth-order valence-electron chi connectivity index (χ4n) is 3.53. The molecule has 6 nitrogen and oxygen atoms in total. The topological polar surface area (TPSA) is 61.4 Å². The zero-order chi connectivity index (χ0) is 20.2. The number of benzene rings is 1. The van der Waals surface area contributed by atoms with E-state index in [0.29, 0.717) is 22.3 Å². The van der Waals surface area contributed by atoms with Gasteiger partial charge in [-0.15, -0.1) is 10.2 Å². The number of carbonyl (C=O) groups is 1. The highest BCUT2D eigenvalue weighted by molar-refractivity contribution is 6.35. The minimum absolute atomic E-state index is 0.144. The molecule has 2 aromatic rings. The van der Waals surface area contributed by atoms with Crippen LogP contribution in [0.25, 0.3) is 0 Å². The number of rotatable bonds is 7. The van der Waals surface area contributed by atoms with Gasteiger partial charge in [0.15, 0.2) is 11.5 Å². The van der Waals surface area contributed by atoms with Gasteiger partial charge in [-0.25, -0.2) is 0 Å². The van der Waals surface area contributed by atoms with Crippen molar-refractivity contribution >= 4 is 34.9 Å². The summed E-state index contributed by atoms with van der Waals surface area (Å²) in [6.45, 7) is 5.04. The Morgan fingerprint density at radius 2 is 1.86 bits per heavy atom. The Labute approximate surface area is 181 Å². The van der Waals surface area contributed by atoms with Crippen molar-refractivity contribution < 1.29 is 4.79 Å². The number of nitrogens with one attached hydrogen (secondary N) is 1. The van der Waals surface area contributed by atoms with Gasteiger partial charge in [0.05, 0.1) is 0 Å². The number of hydrogen-bond donors (Lipinski definition) is 1. The van der Waals surface area contributed by atoms with Gasteiger partial charge in [-0.3, -0.25) is 9.69 Å². The maximum atomic E-state index is 12.1. The monoisotopic (exact) mass is 433 g/mol. The molecule has 1 N–H and O–H groups in total. The Morgan fingerprint density at radius 3 is 2.52 bits per heavy atom. The van der Waals surface area contributed by atoms with Gasteiger partial charge in [0.2, 0.25) is 0 Å². The Balaban J connectivity index is 1.26. The average molecular weight is 434 g/mol. The van der Waals surface area contributed by atoms with Crippen molar-refractivity contribution in [2.24, 2.45) is 5.92 Å². The Kier molecular flexibility index (Phi) is 6.53. The summed E-state index contributed by atoms with van der Waals surface area (Å²) in [6, 6.07) is 9.28. The lowest BCUT2D eigenvalue weighted by Gasteiger charge is -2.35. The van der Waals surface area contributed by atoms with Gasteiger partial charge in [-0.05, 0) is 42.2 Å². The third-order valence-electron chi connectivity index (χ3n) is 5.52. The van der Waals surface area contributed by atoms with Crippen LogP contribution in [0.2, 0.25) is 10.0 Å². The Hall–Kier alpha value is -1.89. The summed E-state index contributed by atoms with van der Waals surface area (Å²) in [4.78, 5) is 16.7. The van der Waals surface area contributed by atoms with Gasteiger partial charge < -0.3 is 10.2 Å². The second-order valence-corrected chi connectivity index (χ2v) is 8.61. The van der Waals surface area contributed by atoms with Crippen LogP contribution in [0.1, 0.15) is 35.3 Å². The zero-order valence-electron chi connectivity index (χ0n) is 16.3. The van der Waals surface area contributed by atoms with Crippen molar-refractivity contribution in [2.45, 2.75) is 25.8 Å². The first-order valence-corrected chi connectivity index (χ1v) is 10.9. The number of carbonyl (C=O) groups excluding carboxylic acids is 1. The average Bonchev–Trinajstić information content (AvgIpc) is 3.55. The van der Waals surface area contributed by atoms with Gasteiger partial charge in [0.1, 0.15) is 0 Å². The molecule has 0 atom stereocenters. The van der Waals surface area contributed by atoms with Crippen LogP contribution in [0.4, 0.5) is 5.82 Å². The van der Waals surface area contributed by atoms with Gasteiger partial charge in [-0.2, -0.15) is 0 Å². The molecule has 2 aliphatic rings. The van der Waals surface area contributed by atoms with Crippen LogP contribution in [0, 0.1) is 5.92 Å². The maximum absolute atomic E-state index is 12.1. The molecule has 2 heterocycles. The highest BCUT2D eigenvalue weighted by Gasteiger charge is 2.22. The molecular weight excluding hydrogens is 409 g/mol. The van der Waals surface area contributed by atoms with Crippen molar-refractivity contribution in [1.29, 1.82) is 0 Å². The molecule has 1 amide bonds. The van der Waals surface area contributed by atoms with Crippen molar-refractivity contribution in [1.82, 2.24) is 20.4 Å². The molecule has 0 unspecified atom stereocenters. The molecular formula is C21H25Cl2N5O. The predicted octanol–water partition coefficient (Wildman–Crippen LogP) is 3.64. The normalized spacial score (nSPS) is 17.4. The van der Waals surface area contributed by atoms with Gasteiger partial charge in [0, 0.05) is 49.3 Å². The Bertz CT molecular complexity index is 849. The van der Waals surface area contributed by atoms with E-state index in [4.69, 9.17) is 23.2 Å². The van der Waals surface area contributed by atoms with Crippen LogP contribution in [0.3, 0.4) is 0 Å². The van der Waals surface area contributed by atoms with Gasteiger partial charge in [0.25, 0.3) is 5.91 Å². The number of piperazine rings is 1. The summed E-state index contributed by atoms with van der Waals surface area (Å²) >= 11 is 12.3. The largest absolute Gasteiger partial charge is 0.353 e. The molecule has 8 heteroatoms. The summed E-state index contributed by atoms with van der Waals surface area (Å²) in [5, 5.41) is 12.7. The van der Waals surface area contributed by atoms with E-state index in [2.05, 4.69) is 25.3 Å². The molecule has 0 spiro atoms. The smallest absolute Gasteiger partial charge is 0.271 e. The zero-order valence-corrected chi connectivity index (χ0v) is 17.8. The Morgan fingerprint density at radius 1 is 1.07 bits per heavy atom. The lowest BCUT2D eigenvalue weighted by atomic mass is 10.2. The van der Waals surface area contributed by atoms with Crippen molar-refractivity contribution in [3.8, 4) is 0 Å².